The van der Waals surface area contributed by atoms with Crippen molar-refractivity contribution in [3.63, 3.8) is 0 Å². The van der Waals surface area contributed by atoms with Crippen LogP contribution in [-0.4, -0.2) is 86.6 Å². The summed E-state index contributed by atoms with van der Waals surface area (Å²) in [4.78, 5) is 44.0. The summed E-state index contributed by atoms with van der Waals surface area (Å²) in [7, 11) is 3.63. The first-order valence-electron chi connectivity index (χ1n) is 9.96. The summed E-state index contributed by atoms with van der Waals surface area (Å²) in [5.74, 6) is 2.06. The van der Waals surface area contributed by atoms with Crippen molar-refractivity contribution in [2.45, 2.75) is 45.9 Å². The fourth-order valence-electron chi connectivity index (χ4n) is 3.56. The largest absolute Gasteiger partial charge is 0.453 e. The Morgan fingerprint density at radius 2 is 1.73 bits per heavy atom. The predicted molar refractivity (Wildman–Crippen MR) is 111 cm³/mol. The first kappa shape index (κ1) is 21.8. The molecule has 0 bridgehead atoms. The third-order valence-electron chi connectivity index (χ3n) is 4.81. The second-order valence-electron chi connectivity index (χ2n) is 7.86. The number of hydrogen-bond donors (Lipinski definition) is 0. The molecule has 1 fully saturated rings. The molecule has 0 N–H and O–H groups in total. The summed E-state index contributed by atoms with van der Waals surface area (Å²) < 4.78 is 5.44. The summed E-state index contributed by atoms with van der Waals surface area (Å²) in [6.45, 7) is 9.47. The standard InChI is InChI=1S/C19H29N9O2/c1-12-7-27(8-13(2)28(12)19-23-10-20-15(4)24-19)18-22-11-21-17(25-18)14(3)30-16(29)9-26(5)6/h10-14H,7-9H2,1-6H3/t12-,13+,14?. The van der Waals surface area contributed by atoms with Gasteiger partial charge in [0.15, 0.2) is 11.9 Å². The van der Waals surface area contributed by atoms with Crippen LogP contribution < -0.4 is 9.80 Å². The molecule has 0 aromatic carbocycles. The molecule has 1 aliphatic heterocycles. The van der Waals surface area contributed by atoms with Gasteiger partial charge in [0.1, 0.15) is 18.5 Å². The number of rotatable bonds is 6. The highest BCUT2D eigenvalue weighted by Gasteiger charge is 2.33. The average molecular weight is 416 g/mol. The number of piperazine rings is 1. The number of aromatic nitrogens is 6. The number of aryl methyl sites for hydroxylation is 1. The third kappa shape index (κ3) is 5.15. The maximum absolute atomic E-state index is 11.9. The van der Waals surface area contributed by atoms with E-state index in [9.17, 15) is 4.79 Å². The molecule has 1 unspecified atom stereocenters. The fourth-order valence-corrected chi connectivity index (χ4v) is 3.56. The Hall–Kier alpha value is -2.95. The van der Waals surface area contributed by atoms with E-state index in [4.69, 9.17) is 4.74 Å². The van der Waals surface area contributed by atoms with Gasteiger partial charge >= 0.3 is 5.97 Å². The van der Waals surface area contributed by atoms with Crippen molar-refractivity contribution < 1.29 is 9.53 Å². The normalized spacial score (nSPS) is 20.4. The van der Waals surface area contributed by atoms with Crippen molar-refractivity contribution in [1.29, 1.82) is 0 Å². The van der Waals surface area contributed by atoms with Gasteiger partial charge in [-0.2, -0.15) is 9.97 Å². The van der Waals surface area contributed by atoms with E-state index in [0.29, 0.717) is 36.6 Å². The zero-order valence-electron chi connectivity index (χ0n) is 18.3. The molecule has 1 saturated heterocycles. The van der Waals surface area contributed by atoms with Crippen LogP contribution in [-0.2, 0) is 9.53 Å². The number of anilines is 2. The molecule has 0 radical (unpaired) electrons. The van der Waals surface area contributed by atoms with Crippen molar-refractivity contribution in [2.75, 3.05) is 43.5 Å². The Bertz CT molecular complexity index is 867. The predicted octanol–water partition coefficient (Wildman–Crippen LogP) is 0.634. The van der Waals surface area contributed by atoms with Gasteiger partial charge in [-0.3, -0.25) is 9.69 Å². The first-order valence-corrected chi connectivity index (χ1v) is 9.96. The number of likely N-dealkylation sites (N-methyl/N-ethyl adjacent to an activating group) is 1. The van der Waals surface area contributed by atoms with E-state index in [0.717, 1.165) is 0 Å². The lowest BCUT2D eigenvalue weighted by Gasteiger charge is -2.44. The number of hydrogen-bond acceptors (Lipinski definition) is 11. The quantitative estimate of drug-likeness (QED) is 0.619. The van der Waals surface area contributed by atoms with Gasteiger partial charge in [0.2, 0.25) is 11.9 Å². The highest BCUT2D eigenvalue weighted by molar-refractivity contribution is 5.71. The van der Waals surface area contributed by atoms with Gasteiger partial charge in [-0.15, -0.1) is 0 Å². The van der Waals surface area contributed by atoms with Gasteiger partial charge in [0.25, 0.3) is 0 Å². The summed E-state index contributed by atoms with van der Waals surface area (Å²) >= 11 is 0. The van der Waals surface area contributed by atoms with Crippen LogP contribution in [0.5, 0.6) is 0 Å². The van der Waals surface area contributed by atoms with Crippen LogP contribution in [0.1, 0.15) is 38.5 Å². The maximum Gasteiger partial charge on any atom is 0.320 e. The van der Waals surface area contributed by atoms with E-state index in [1.165, 1.54) is 6.33 Å². The van der Waals surface area contributed by atoms with Crippen LogP contribution in [0.15, 0.2) is 12.7 Å². The topological polar surface area (TPSA) is 113 Å². The number of carbonyl (C=O) groups excluding carboxylic acids is 1. The molecule has 2 aromatic heterocycles. The fraction of sp³-hybridized carbons (Fsp3) is 0.632. The molecule has 0 spiro atoms. The second-order valence-corrected chi connectivity index (χ2v) is 7.86. The Balaban J connectivity index is 1.71. The summed E-state index contributed by atoms with van der Waals surface area (Å²) in [6, 6.07) is 0.289. The molecule has 3 heterocycles. The SMILES string of the molecule is Cc1ncnc(N2[C@H](C)CN(c3ncnc(C(C)OC(=O)CN(C)C)n3)C[C@@H]2C)n1. The Kier molecular flexibility index (Phi) is 6.70. The number of ether oxygens (including phenoxy) is 1. The summed E-state index contributed by atoms with van der Waals surface area (Å²) in [5.41, 5.74) is 0. The minimum Gasteiger partial charge on any atom is -0.453 e. The van der Waals surface area contributed by atoms with Gasteiger partial charge < -0.3 is 14.5 Å². The van der Waals surface area contributed by atoms with Crippen molar-refractivity contribution in [2.24, 2.45) is 0 Å². The highest BCUT2D eigenvalue weighted by atomic mass is 16.5. The molecule has 1 aliphatic rings. The van der Waals surface area contributed by atoms with Crippen molar-refractivity contribution in [3.05, 3.63) is 24.3 Å². The third-order valence-corrected chi connectivity index (χ3v) is 4.81. The number of carbonyl (C=O) groups is 1. The average Bonchev–Trinajstić information content (AvgIpc) is 2.67. The Morgan fingerprint density at radius 1 is 1.10 bits per heavy atom. The van der Waals surface area contributed by atoms with Gasteiger partial charge in [0, 0.05) is 25.2 Å². The molecule has 11 heteroatoms. The molecular weight excluding hydrogens is 386 g/mol. The smallest absolute Gasteiger partial charge is 0.320 e. The van der Waals surface area contributed by atoms with Crippen LogP contribution in [0.3, 0.4) is 0 Å². The molecule has 3 rings (SSSR count). The highest BCUT2D eigenvalue weighted by Crippen LogP contribution is 2.24. The lowest BCUT2D eigenvalue weighted by Crippen LogP contribution is -2.58. The zero-order valence-corrected chi connectivity index (χ0v) is 18.3. The van der Waals surface area contributed by atoms with Crippen LogP contribution >= 0.6 is 0 Å². The molecule has 30 heavy (non-hydrogen) atoms. The van der Waals surface area contributed by atoms with Gasteiger partial charge in [-0.1, -0.05) is 0 Å². The minimum absolute atomic E-state index is 0.145. The van der Waals surface area contributed by atoms with Crippen molar-refractivity contribution >= 4 is 17.9 Å². The number of esters is 1. The Labute approximate surface area is 176 Å². The van der Waals surface area contributed by atoms with Crippen LogP contribution in [0.4, 0.5) is 11.9 Å². The molecule has 0 saturated carbocycles. The molecule has 3 atom stereocenters. The van der Waals surface area contributed by atoms with E-state index in [1.807, 2.05) is 21.0 Å². The van der Waals surface area contributed by atoms with E-state index >= 15 is 0 Å². The van der Waals surface area contributed by atoms with E-state index in [2.05, 4.69) is 53.6 Å². The van der Waals surface area contributed by atoms with Gasteiger partial charge in [0.05, 0.1) is 6.54 Å². The van der Waals surface area contributed by atoms with E-state index in [1.54, 1.807) is 18.2 Å². The van der Waals surface area contributed by atoms with Crippen LogP contribution in [0.2, 0.25) is 0 Å². The molecule has 11 nitrogen and oxygen atoms in total. The molecular formula is C19H29N9O2. The summed E-state index contributed by atoms with van der Waals surface area (Å²) in [6.07, 6.45) is 2.45. The monoisotopic (exact) mass is 415 g/mol. The molecule has 0 aliphatic carbocycles. The molecule has 2 aromatic rings. The molecule has 0 amide bonds. The van der Waals surface area contributed by atoms with Crippen molar-refractivity contribution in [1.82, 2.24) is 34.8 Å². The van der Waals surface area contributed by atoms with Crippen molar-refractivity contribution in [3.8, 4) is 0 Å². The minimum atomic E-state index is -0.552. The lowest BCUT2D eigenvalue weighted by atomic mass is 10.1. The van der Waals surface area contributed by atoms with Crippen LogP contribution in [0.25, 0.3) is 0 Å². The van der Waals surface area contributed by atoms with E-state index in [-0.39, 0.29) is 24.6 Å². The number of nitrogens with zero attached hydrogens (tertiary/aromatic N) is 9. The first-order chi connectivity index (χ1) is 14.2. The second kappa shape index (κ2) is 9.24. The lowest BCUT2D eigenvalue weighted by molar-refractivity contribution is -0.149. The zero-order chi connectivity index (χ0) is 21.8. The summed E-state index contributed by atoms with van der Waals surface area (Å²) in [5, 5.41) is 0. The maximum atomic E-state index is 11.9. The Morgan fingerprint density at radius 3 is 2.37 bits per heavy atom. The molecule has 162 valence electrons. The van der Waals surface area contributed by atoms with Gasteiger partial charge in [-0.05, 0) is 41.8 Å². The van der Waals surface area contributed by atoms with Crippen LogP contribution in [0, 0.1) is 6.92 Å². The van der Waals surface area contributed by atoms with Gasteiger partial charge in [-0.25, -0.2) is 19.9 Å². The van der Waals surface area contributed by atoms with E-state index < -0.39 is 6.10 Å².